The van der Waals surface area contributed by atoms with Crippen LogP contribution in [-0.4, -0.2) is 68.4 Å². The van der Waals surface area contributed by atoms with Crippen LogP contribution in [0.3, 0.4) is 0 Å². The van der Waals surface area contributed by atoms with Crippen LogP contribution in [-0.2, 0) is 17.6 Å². The SMILES string of the molecule is O=C(CCc1cnc2[nH]ccc2c1)N1CCCC1.c1cc2cc(CCCN3CCCC3)cnc2[nH]1. The predicted molar refractivity (Wildman–Crippen MR) is 140 cm³/mol. The molecule has 0 bridgehead atoms. The molecule has 0 spiro atoms. The fourth-order valence-electron chi connectivity index (χ4n) is 5.13. The van der Waals surface area contributed by atoms with Crippen molar-refractivity contribution in [2.24, 2.45) is 0 Å². The van der Waals surface area contributed by atoms with Crippen molar-refractivity contribution in [1.29, 1.82) is 0 Å². The smallest absolute Gasteiger partial charge is 0.222 e. The first-order chi connectivity index (χ1) is 17.2. The normalized spacial score (nSPS) is 16.2. The number of nitrogens with one attached hydrogen (secondary N) is 2. The van der Waals surface area contributed by atoms with Crippen LogP contribution in [0.25, 0.3) is 22.1 Å². The molecule has 2 saturated heterocycles. The topological polar surface area (TPSA) is 80.9 Å². The second-order valence-electron chi connectivity index (χ2n) is 9.76. The molecule has 0 atom stereocenters. The summed E-state index contributed by atoms with van der Waals surface area (Å²) >= 11 is 0. The van der Waals surface area contributed by atoms with Gasteiger partial charge in [-0.3, -0.25) is 4.79 Å². The number of carbonyl (C=O) groups excluding carboxylic acids is 1. The fourth-order valence-corrected chi connectivity index (χ4v) is 5.13. The molecule has 0 unspecified atom stereocenters. The summed E-state index contributed by atoms with van der Waals surface area (Å²) in [5, 5.41) is 2.34. The number of aryl methyl sites for hydroxylation is 2. The molecule has 2 fully saturated rings. The van der Waals surface area contributed by atoms with E-state index in [1.54, 1.807) is 0 Å². The Morgan fingerprint density at radius 2 is 1.37 bits per heavy atom. The second-order valence-corrected chi connectivity index (χ2v) is 9.76. The maximum Gasteiger partial charge on any atom is 0.222 e. The third-order valence-corrected chi connectivity index (χ3v) is 7.14. The van der Waals surface area contributed by atoms with Gasteiger partial charge in [0.05, 0.1) is 0 Å². The van der Waals surface area contributed by atoms with Crippen molar-refractivity contribution in [1.82, 2.24) is 29.7 Å². The summed E-state index contributed by atoms with van der Waals surface area (Å²) in [7, 11) is 0. The van der Waals surface area contributed by atoms with E-state index in [4.69, 9.17) is 0 Å². The number of rotatable bonds is 7. The standard InChI is InChI=1S/C14H17N3O.C14H19N3/c18-13(17-7-1-2-8-17)4-3-11-9-12-5-6-15-14(12)16-10-11;1-2-8-17(7-1)9-3-4-12-10-13-5-6-15-14(13)16-11-12/h5-6,9-10H,1-4,7-8H2,(H,15,16);5-6,10-11H,1-4,7-9H2,(H,15,16). The van der Waals surface area contributed by atoms with Crippen molar-refractivity contribution in [3.05, 3.63) is 60.2 Å². The van der Waals surface area contributed by atoms with Gasteiger partial charge < -0.3 is 19.8 Å². The molecule has 0 aromatic carbocycles. The number of pyridine rings is 2. The summed E-state index contributed by atoms with van der Waals surface area (Å²) in [6.45, 7) is 5.72. The number of hydrogen-bond donors (Lipinski definition) is 2. The van der Waals surface area contributed by atoms with E-state index >= 15 is 0 Å². The van der Waals surface area contributed by atoms with E-state index in [1.807, 2.05) is 35.8 Å². The van der Waals surface area contributed by atoms with E-state index in [1.165, 1.54) is 49.8 Å². The number of nitrogens with zero attached hydrogens (tertiary/aromatic N) is 4. The lowest BCUT2D eigenvalue weighted by Gasteiger charge is -2.14. The van der Waals surface area contributed by atoms with Crippen LogP contribution in [0.4, 0.5) is 0 Å². The van der Waals surface area contributed by atoms with E-state index in [0.29, 0.717) is 6.42 Å². The number of aromatic amines is 2. The summed E-state index contributed by atoms with van der Waals surface area (Å²) in [5.74, 6) is 0.279. The summed E-state index contributed by atoms with van der Waals surface area (Å²) in [6.07, 6.45) is 16.5. The zero-order valence-corrected chi connectivity index (χ0v) is 20.5. The molecule has 1 amide bonds. The minimum Gasteiger partial charge on any atom is -0.346 e. The summed E-state index contributed by atoms with van der Waals surface area (Å²) in [6, 6.07) is 8.46. The zero-order valence-electron chi connectivity index (χ0n) is 20.5. The number of fused-ring (bicyclic) bond motifs is 2. The Bertz CT molecular complexity index is 1230. The molecule has 0 saturated carbocycles. The summed E-state index contributed by atoms with van der Waals surface area (Å²) in [5.41, 5.74) is 4.39. The molecule has 7 nitrogen and oxygen atoms in total. The summed E-state index contributed by atoms with van der Waals surface area (Å²) in [4.78, 5) is 31.4. The van der Waals surface area contributed by atoms with Crippen molar-refractivity contribution in [2.75, 3.05) is 32.7 Å². The number of H-pyrrole nitrogens is 2. The molecule has 2 aliphatic rings. The Balaban J connectivity index is 0.000000145. The Morgan fingerprint density at radius 1 is 0.800 bits per heavy atom. The van der Waals surface area contributed by atoms with E-state index in [-0.39, 0.29) is 5.91 Å². The van der Waals surface area contributed by atoms with Crippen molar-refractivity contribution >= 4 is 28.0 Å². The van der Waals surface area contributed by atoms with Gasteiger partial charge in [-0.25, -0.2) is 9.97 Å². The highest BCUT2D eigenvalue weighted by molar-refractivity contribution is 5.78. The highest BCUT2D eigenvalue weighted by Crippen LogP contribution is 2.15. The highest BCUT2D eigenvalue weighted by atomic mass is 16.2. The maximum atomic E-state index is 11.9. The van der Waals surface area contributed by atoms with Crippen molar-refractivity contribution in [2.45, 2.75) is 51.4 Å². The lowest BCUT2D eigenvalue weighted by atomic mass is 10.1. The van der Waals surface area contributed by atoms with Crippen LogP contribution in [0.15, 0.2) is 49.1 Å². The minimum absolute atomic E-state index is 0.279. The van der Waals surface area contributed by atoms with Gasteiger partial charge in [0.15, 0.2) is 0 Å². The van der Waals surface area contributed by atoms with Gasteiger partial charge in [-0.1, -0.05) is 0 Å². The zero-order chi connectivity index (χ0) is 23.9. The number of likely N-dealkylation sites (tertiary alicyclic amines) is 2. The molecular formula is C28H36N6O. The van der Waals surface area contributed by atoms with Gasteiger partial charge in [-0.15, -0.1) is 0 Å². The van der Waals surface area contributed by atoms with Crippen LogP contribution >= 0.6 is 0 Å². The Labute approximate surface area is 206 Å². The second kappa shape index (κ2) is 11.5. The van der Waals surface area contributed by atoms with Gasteiger partial charge in [-0.2, -0.15) is 0 Å². The predicted octanol–water partition coefficient (Wildman–Crippen LogP) is 4.71. The molecule has 184 valence electrons. The molecule has 6 heterocycles. The largest absolute Gasteiger partial charge is 0.346 e. The van der Waals surface area contributed by atoms with Crippen LogP contribution in [0.1, 0.15) is 49.7 Å². The molecule has 35 heavy (non-hydrogen) atoms. The Morgan fingerprint density at radius 3 is 2.00 bits per heavy atom. The van der Waals surface area contributed by atoms with Gasteiger partial charge in [0.1, 0.15) is 11.3 Å². The van der Waals surface area contributed by atoms with Crippen LogP contribution in [0.2, 0.25) is 0 Å². The van der Waals surface area contributed by atoms with Gasteiger partial charge in [0.2, 0.25) is 5.91 Å². The van der Waals surface area contributed by atoms with Crippen LogP contribution in [0.5, 0.6) is 0 Å². The van der Waals surface area contributed by atoms with Crippen molar-refractivity contribution < 1.29 is 4.79 Å². The van der Waals surface area contributed by atoms with E-state index in [9.17, 15) is 4.79 Å². The molecule has 4 aromatic heterocycles. The minimum atomic E-state index is 0.279. The van der Waals surface area contributed by atoms with E-state index in [0.717, 1.165) is 61.0 Å². The summed E-state index contributed by atoms with van der Waals surface area (Å²) < 4.78 is 0. The van der Waals surface area contributed by atoms with Crippen molar-refractivity contribution in [3.8, 4) is 0 Å². The Kier molecular flexibility index (Phi) is 7.73. The monoisotopic (exact) mass is 472 g/mol. The Hall–Kier alpha value is -3.19. The molecule has 6 rings (SSSR count). The third-order valence-electron chi connectivity index (χ3n) is 7.14. The molecule has 4 aromatic rings. The molecule has 2 aliphatic heterocycles. The van der Waals surface area contributed by atoms with Crippen molar-refractivity contribution in [3.63, 3.8) is 0 Å². The van der Waals surface area contributed by atoms with Crippen LogP contribution < -0.4 is 0 Å². The van der Waals surface area contributed by atoms with Crippen LogP contribution in [0, 0.1) is 0 Å². The molecule has 0 aliphatic carbocycles. The quantitative estimate of drug-likeness (QED) is 0.408. The molecule has 2 N–H and O–H groups in total. The first-order valence-electron chi connectivity index (χ1n) is 13.1. The van der Waals surface area contributed by atoms with Gasteiger partial charge in [0, 0.05) is 55.1 Å². The lowest BCUT2D eigenvalue weighted by molar-refractivity contribution is -0.130. The van der Waals surface area contributed by atoms with Gasteiger partial charge in [-0.05, 0) is 100.0 Å². The third kappa shape index (κ3) is 6.28. The first-order valence-corrected chi connectivity index (χ1v) is 13.1. The number of carbonyl (C=O) groups is 1. The maximum absolute atomic E-state index is 11.9. The number of amides is 1. The lowest BCUT2D eigenvalue weighted by Crippen LogP contribution is -2.27. The van der Waals surface area contributed by atoms with E-state index in [2.05, 4.69) is 43.0 Å². The first kappa shape index (κ1) is 23.5. The molecular weight excluding hydrogens is 436 g/mol. The number of aromatic nitrogens is 4. The number of hydrogen-bond acceptors (Lipinski definition) is 4. The van der Waals surface area contributed by atoms with Gasteiger partial charge >= 0.3 is 0 Å². The van der Waals surface area contributed by atoms with E-state index < -0.39 is 0 Å². The molecule has 7 heteroatoms. The average molecular weight is 473 g/mol. The fraction of sp³-hybridized carbons (Fsp3) is 0.464. The molecule has 0 radical (unpaired) electrons. The average Bonchev–Trinajstić information content (AvgIpc) is 3.70. The van der Waals surface area contributed by atoms with Gasteiger partial charge in [0.25, 0.3) is 0 Å². The highest BCUT2D eigenvalue weighted by Gasteiger charge is 2.17.